The number of nitrogens with one attached hydrogen (secondary N) is 1. The number of aryl methyl sites for hydroxylation is 1. The van der Waals surface area contributed by atoms with Crippen LogP contribution < -0.4 is 5.32 Å². The molecule has 1 unspecified atom stereocenters. The van der Waals surface area contributed by atoms with Gasteiger partial charge in [0.2, 0.25) is 0 Å². The molecule has 0 spiro atoms. The largest absolute Gasteiger partial charge is 0.384 e. The fourth-order valence-electron chi connectivity index (χ4n) is 3.39. The van der Waals surface area contributed by atoms with Crippen LogP contribution in [0.2, 0.25) is 0 Å². The molecule has 1 aliphatic rings. The van der Waals surface area contributed by atoms with Crippen molar-refractivity contribution in [2.75, 3.05) is 11.9 Å². The van der Waals surface area contributed by atoms with Gasteiger partial charge < -0.3 is 9.88 Å². The molecule has 1 atom stereocenters. The molecule has 0 saturated carbocycles. The van der Waals surface area contributed by atoms with Crippen LogP contribution in [0, 0.1) is 0 Å². The van der Waals surface area contributed by atoms with Crippen molar-refractivity contribution in [3.63, 3.8) is 0 Å². The lowest BCUT2D eigenvalue weighted by Gasteiger charge is -2.11. The van der Waals surface area contributed by atoms with Crippen molar-refractivity contribution in [1.82, 2.24) is 9.55 Å². The molecule has 0 aliphatic carbocycles. The van der Waals surface area contributed by atoms with Crippen molar-refractivity contribution < 1.29 is 0 Å². The Labute approximate surface area is 124 Å². The first-order chi connectivity index (χ1) is 10.4. The van der Waals surface area contributed by atoms with Crippen LogP contribution in [0.1, 0.15) is 24.2 Å². The normalized spacial score (nSPS) is 16.9. The molecule has 1 aliphatic heterocycles. The van der Waals surface area contributed by atoms with Gasteiger partial charge in [-0.1, -0.05) is 30.3 Å². The smallest absolute Gasteiger partial charge is 0.110 e. The van der Waals surface area contributed by atoms with Gasteiger partial charge in [0.05, 0.1) is 11.0 Å². The van der Waals surface area contributed by atoms with E-state index in [1.165, 1.54) is 22.6 Å². The highest BCUT2D eigenvalue weighted by Gasteiger charge is 2.24. The molecule has 3 aromatic rings. The number of benzene rings is 2. The van der Waals surface area contributed by atoms with Crippen molar-refractivity contribution in [2.24, 2.45) is 0 Å². The van der Waals surface area contributed by atoms with Gasteiger partial charge in [-0.3, -0.25) is 0 Å². The molecule has 0 fully saturated rings. The molecule has 106 valence electrons. The van der Waals surface area contributed by atoms with Crippen LogP contribution in [0.15, 0.2) is 48.5 Å². The van der Waals surface area contributed by atoms with E-state index in [1.54, 1.807) is 0 Å². The standard InChI is InChI=1S/C18H19N3/c1-2-21-17-10-6-5-9-16(17)20-18(21)11-13-12-19-15-8-4-3-7-14(13)15/h3-10,13,19H,2,11-12H2,1H3. The summed E-state index contributed by atoms with van der Waals surface area (Å²) in [5.74, 6) is 1.71. The average Bonchev–Trinajstić information content (AvgIpc) is 3.09. The van der Waals surface area contributed by atoms with Gasteiger partial charge in [0.15, 0.2) is 0 Å². The number of fused-ring (bicyclic) bond motifs is 2. The van der Waals surface area contributed by atoms with Crippen LogP contribution in [0.5, 0.6) is 0 Å². The molecule has 3 heteroatoms. The van der Waals surface area contributed by atoms with Crippen molar-refractivity contribution in [2.45, 2.75) is 25.8 Å². The number of anilines is 1. The zero-order valence-corrected chi connectivity index (χ0v) is 12.2. The second-order valence-corrected chi connectivity index (χ2v) is 5.63. The fraction of sp³-hybridized carbons (Fsp3) is 0.278. The third-order valence-electron chi connectivity index (χ3n) is 4.42. The van der Waals surface area contributed by atoms with Crippen LogP contribution in [-0.2, 0) is 13.0 Å². The first-order valence-electron chi connectivity index (χ1n) is 7.63. The van der Waals surface area contributed by atoms with Gasteiger partial charge in [-0.15, -0.1) is 0 Å². The Morgan fingerprint density at radius 3 is 2.86 bits per heavy atom. The van der Waals surface area contributed by atoms with Gasteiger partial charge in [0.25, 0.3) is 0 Å². The lowest BCUT2D eigenvalue weighted by atomic mass is 9.97. The number of imidazole rings is 1. The lowest BCUT2D eigenvalue weighted by Crippen LogP contribution is -2.10. The van der Waals surface area contributed by atoms with E-state index in [0.29, 0.717) is 5.92 Å². The minimum Gasteiger partial charge on any atom is -0.384 e. The van der Waals surface area contributed by atoms with E-state index < -0.39 is 0 Å². The molecule has 0 saturated heterocycles. The van der Waals surface area contributed by atoms with Crippen molar-refractivity contribution >= 4 is 16.7 Å². The third-order valence-corrected chi connectivity index (χ3v) is 4.42. The Balaban J connectivity index is 1.72. The van der Waals surface area contributed by atoms with Gasteiger partial charge in [-0.05, 0) is 30.7 Å². The highest BCUT2D eigenvalue weighted by atomic mass is 15.1. The van der Waals surface area contributed by atoms with Gasteiger partial charge in [0.1, 0.15) is 5.82 Å². The van der Waals surface area contributed by atoms with E-state index in [0.717, 1.165) is 25.0 Å². The topological polar surface area (TPSA) is 29.9 Å². The van der Waals surface area contributed by atoms with Crippen LogP contribution in [0.3, 0.4) is 0 Å². The van der Waals surface area contributed by atoms with E-state index in [4.69, 9.17) is 4.98 Å². The molecule has 2 aromatic carbocycles. The summed E-state index contributed by atoms with van der Waals surface area (Å²) in [7, 11) is 0. The number of aromatic nitrogens is 2. The first-order valence-corrected chi connectivity index (χ1v) is 7.63. The first kappa shape index (κ1) is 12.5. The Kier molecular flexibility index (Phi) is 2.92. The van der Waals surface area contributed by atoms with Crippen molar-refractivity contribution in [3.05, 3.63) is 59.9 Å². The zero-order valence-electron chi connectivity index (χ0n) is 12.2. The predicted octanol–water partition coefficient (Wildman–Crippen LogP) is 3.81. The Bertz CT molecular complexity index is 788. The van der Waals surface area contributed by atoms with Crippen molar-refractivity contribution in [1.29, 1.82) is 0 Å². The lowest BCUT2D eigenvalue weighted by molar-refractivity contribution is 0.652. The summed E-state index contributed by atoms with van der Waals surface area (Å²) in [6.07, 6.45) is 0.993. The molecule has 2 heterocycles. The minimum absolute atomic E-state index is 0.517. The van der Waals surface area contributed by atoms with Crippen LogP contribution in [0.25, 0.3) is 11.0 Å². The van der Waals surface area contributed by atoms with E-state index in [-0.39, 0.29) is 0 Å². The van der Waals surface area contributed by atoms with Crippen molar-refractivity contribution in [3.8, 4) is 0 Å². The van der Waals surface area contributed by atoms with Crippen LogP contribution in [0.4, 0.5) is 5.69 Å². The Morgan fingerprint density at radius 2 is 1.95 bits per heavy atom. The van der Waals surface area contributed by atoms with E-state index >= 15 is 0 Å². The highest BCUT2D eigenvalue weighted by molar-refractivity contribution is 5.76. The Morgan fingerprint density at radius 1 is 1.14 bits per heavy atom. The van der Waals surface area contributed by atoms with E-state index in [9.17, 15) is 0 Å². The highest BCUT2D eigenvalue weighted by Crippen LogP contribution is 2.33. The van der Waals surface area contributed by atoms with Gasteiger partial charge >= 0.3 is 0 Å². The maximum absolute atomic E-state index is 4.86. The maximum Gasteiger partial charge on any atom is 0.110 e. The number of rotatable bonds is 3. The number of hydrogen-bond donors (Lipinski definition) is 1. The summed E-state index contributed by atoms with van der Waals surface area (Å²) in [5, 5.41) is 3.50. The molecular formula is C18H19N3. The molecule has 0 amide bonds. The third kappa shape index (κ3) is 2.00. The molecular weight excluding hydrogens is 258 g/mol. The van der Waals surface area contributed by atoms with E-state index in [2.05, 4.69) is 65.3 Å². The SMILES string of the molecule is CCn1c(CC2CNc3ccccc32)nc2ccccc21. The minimum atomic E-state index is 0.517. The summed E-state index contributed by atoms with van der Waals surface area (Å²) in [5.41, 5.74) is 5.05. The second-order valence-electron chi connectivity index (χ2n) is 5.63. The fourth-order valence-corrected chi connectivity index (χ4v) is 3.39. The monoisotopic (exact) mass is 277 g/mol. The zero-order chi connectivity index (χ0) is 14.2. The van der Waals surface area contributed by atoms with E-state index in [1.807, 2.05) is 0 Å². The summed E-state index contributed by atoms with van der Waals surface area (Å²) >= 11 is 0. The Hall–Kier alpha value is -2.29. The van der Waals surface area contributed by atoms with Gasteiger partial charge in [-0.25, -0.2) is 4.98 Å². The molecule has 1 N–H and O–H groups in total. The molecule has 21 heavy (non-hydrogen) atoms. The molecule has 0 radical (unpaired) electrons. The molecule has 0 bridgehead atoms. The summed E-state index contributed by atoms with van der Waals surface area (Å²) in [6.45, 7) is 4.17. The molecule has 3 nitrogen and oxygen atoms in total. The second kappa shape index (κ2) is 4.92. The number of hydrogen-bond acceptors (Lipinski definition) is 2. The summed E-state index contributed by atoms with van der Waals surface area (Å²) < 4.78 is 2.34. The maximum atomic E-state index is 4.86. The van der Waals surface area contributed by atoms with Crippen LogP contribution >= 0.6 is 0 Å². The number of nitrogens with zero attached hydrogens (tertiary/aromatic N) is 2. The molecule has 1 aromatic heterocycles. The van der Waals surface area contributed by atoms with Gasteiger partial charge in [0, 0.05) is 31.1 Å². The summed E-state index contributed by atoms with van der Waals surface area (Å²) in [4.78, 5) is 4.86. The van der Waals surface area contributed by atoms with Gasteiger partial charge in [-0.2, -0.15) is 0 Å². The summed E-state index contributed by atoms with van der Waals surface area (Å²) in [6, 6.07) is 17.0. The predicted molar refractivity (Wildman–Crippen MR) is 86.8 cm³/mol. The molecule has 4 rings (SSSR count). The average molecular weight is 277 g/mol. The quantitative estimate of drug-likeness (QED) is 0.789. The number of para-hydroxylation sites is 3. The van der Waals surface area contributed by atoms with Crippen LogP contribution in [-0.4, -0.2) is 16.1 Å².